The molecule has 0 unspecified atom stereocenters. The van der Waals surface area contributed by atoms with Gasteiger partial charge in [0.25, 0.3) is 5.56 Å². The van der Waals surface area contributed by atoms with Gasteiger partial charge in [0, 0.05) is 5.56 Å². The number of thiazole rings is 1. The first kappa shape index (κ1) is 28.7. The molecular weight excluding hydrogens is 583 g/mol. The average molecular weight is 610 g/mol. The second-order valence-corrected chi connectivity index (χ2v) is 10.9. The zero-order valence-electron chi connectivity index (χ0n) is 22.5. The molecule has 3 aromatic carbocycles. The standard InChI is InChI=1S/C31H26Cl2N2O5S/c1-4-23-26(30(37)39-3)27(19-9-6-5-7-10-19)35-29(36)25(41-31(35)34-23)16-20-11-8-12-24(38-2)28(20)40-17-18-13-14-21(32)22(33)15-18/h5-16,27H,4,17H2,1-3H3/b25-16+/t27-/m0/s1. The second-order valence-electron chi connectivity index (χ2n) is 9.11. The normalized spacial score (nSPS) is 14.9. The van der Waals surface area contributed by atoms with Crippen LogP contribution in [0, 0.1) is 0 Å². The lowest BCUT2D eigenvalue weighted by atomic mass is 9.95. The molecule has 5 rings (SSSR count). The molecule has 1 aliphatic rings. The molecule has 0 bridgehead atoms. The number of hydrogen-bond acceptors (Lipinski definition) is 7. The quantitative estimate of drug-likeness (QED) is 0.240. The van der Waals surface area contributed by atoms with Gasteiger partial charge in [-0.25, -0.2) is 9.79 Å². The molecule has 2 heterocycles. The lowest BCUT2D eigenvalue weighted by molar-refractivity contribution is -0.136. The van der Waals surface area contributed by atoms with Gasteiger partial charge in [-0.15, -0.1) is 0 Å². The summed E-state index contributed by atoms with van der Waals surface area (Å²) in [5.74, 6) is 0.463. The fourth-order valence-corrected chi connectivity index (χ4v) is 6.03. The molecule has 7 nitrogen and oxygen atoms in total. The number of para-hydroxylation sites is 1. The number of ether oxygens (including phenoxy) is 3. The van der Waals surface area contributed by atoms with Crippen LogP contribution in [0.2, 0.25) is 10.0 Å². The number of nitrogens with zero attached hydrogens (tertiary/aromatic N) is 2. The third kappa shape index (κ3) is 5.68. The van der Waals surface area contributed by atoms with E-state index in [1.165, 1.54) is 18.4 Å². The minimum Gasteiger partial charge on any atom is -0.493 e. The smallest absolute Gasteiger partial charge is 0.338 e. The Morgan fingerprint density at radius 1 is 1.05 bits per heavy atom. The van der Waals surface area contributed by atoms with E-state index in [9.17, 15) is 9.59 Å². The number of hydrogen-bond donors (Lipinski definition) is 0. The lowest BCUT2D eigenvalue weighted by Crippen LogP contribution is -2.40. The molecule has 0 aliphatic carbocycles. The van der Waals surface area contributed by atoms with Crippen molar-refractivity contribution in [2.24, 2.45) is 4.99 Å². The van der Waals surface area contributed by atoms with Crippen LogP contribution in [-0.2, 0) is 16.1 Å². The van der Waals surface area contributed by atoms with Gasteiger partial charge in [-0.1, -0.05) is 90.0 Å². The summed E-state index contributed by atoms with van der Waals surface area (Å²) >= 11 is 13.5. The van der Waals surface area contributed by atoms with Gasteiger partial charge >= 0.3 is 5.97 Å². The maximum Gasteiger partial charge on any atom is 0.338 e. The van der Waals surface area contributed by atoms with Crippen molar-refractivity contribution in [1.82, 2.24) is 4.57 Å². The summed E-state index contributed by atoms with van der Waals surface area (Å²) in [6.45, 7) is 2.13. The first-order chi connectivity index (χ1) is 19.9. The molecular formula is C31H26Cl2N2O5S. The van der Waals surface area contributed by atoms with Gasteiger partial charge in [-0.05, 0) is 41.8 Å². The summed E-state index contributed by atoms with van der Waals surface area (Å²) < 4.78 is 18.9. The zero-order valence-corrected chi connectivity index (χ0v) is 24.8. The van der Waals surface area contributed by atoms with Crippen molar-refractivity contribution in [3.63, 3.8) is 0 Å². The van der Waals surface area contributed by atoms with Crippen LogP contribution in [0.25, 0.3) is 6.08 Å². The average Bonchev–Trinajstić information content (AvgIpc) is 3.31. The first-order valence-electron chi connectivity index (χ1n) is 12.8. The molecule has 1 aliphatic heterocycles. The molecule has 0 saturated carbocycles. The number of benzene rings is 3. The van der Waals surface area contributed by atoms with E-state index in [0.29, 0.717) is 54.1 Å². The predicted molar refractivity (Wildman–Crippen MR) is 161 cm³/mol. The number of halogens is 2. The highest BCUT2D eigenvalue weighted by Gasteiger charge is 2.33. The predicted octanol–water partition coefficient (Wildman–Crippen LogP) is 5.69. The maximum absolute atomic E-state index is 14.0. The number of allylic oxidation sites excluding steroid dienone is 1. The fourth-order valence-electron chi connectivity index (χ4n) is 4.70. The molecule has 1 atom stereocenters. The molecule has 0 fully saturated rings. The summed E-state index contributed by atoms with van der Waals surface area (Å²) in [4.78, 5) is 32.2. The fraction of sp³-hybridized carbons (Fsp3) is 0.194. The van der Waals surface area contributed by atoms with Gasteiger partial charge in [0.1, 0.15) is 6.61 Å². The van der Waals surface area contributed by atoms with Gasteiger partial charge in [-0.3, -0.25) is 9.36 Å². The summed E-state index contributed by atoms with van der Waals surface area (Å²) in [5, 5.41) is 0.888. The van der Waals surface area contributed by atoms with E-state index in [4.69, 9.17) is 42.4 Å². The number of methoxy groups -OCH3 is 2. The van der Waals surface area contributed by atoms with E-state index < -0.39 is 12.0 Å². The van der Waals surface area contributed by atoms with E-state index in [2.05, 4.69) is 0 Å². The Morgan fingerprint density at radius 2 is 1.83 bits per heavy atom. The van der Waals surface area contributed by atoms with Gasteiger partial charge in [0.05, 0.1) is 46.1 Å². The zero-order chi connectivity index (χ0) is 29.1. The molecule has 10 heteroatoms. The van der Waals surface area contributed by atoms with Crippen LogP contribution in [-0.4, -0.2) is 24.8 Å². The highest BCUT2D eigenvalue weighted by Crippen LogP contribution is 2.34. The van der Waals surface area contributed by atoms with Crippen molar-refractivity contribution in [2.45, 2.75) is 26.0 Å². The van der Waals surface area contributed by atoms with E-state index in [1.54, 1.807) is 36.0 Å². The molecule has 0 radical (unpaired) electrons. The topological polar surface area (TPSA) is 79.1 Å². The number of rotatable bonds is 8. The Bertz CT molecular complexity index is 1830. The van der Waals surface area contributed by atoms with Crippen LogP contribution >= 0.6 is 34.5 Å². The van der Waals surface area contributed by atoms with Crippen molar-refractivity contribution in [3.05, 3.63) is 124 Å². The Hall–Kier alpha value is -3.85. The third-order valence-corrected chi connectivity index (χ3v) is 8.37. The number of carbonyl (C=O) groups excluding carboxylic acids is 1. The number of carbonyl (C=O) groups is 1. The van der Waals surface area contributed by atoms with Crippen LogP contribution in [0.15, 0.2) is 87.8 Å². The minimum absolute atomic E-state index is 0.204. The van der Waals surface area contributed by atoms with E-state index in [-0.39, 0.29) is 12.2 Å². The molecule has 0 saturated heterocycles. The SMILES string of the molecule is CCC1=C(C(=O)OC)[C@H](c2ccccc2)n2c(s/c(=C/c3cccc(OC)c3OCc3ccc(Cl)c(Cl)c3)c2=O)=N1. The largest absolute Gasteiger partial charge is 0.493 e. The molecule has 1 aromatic heterocycles. The van der Waals surface area contributed by atoms with Gasteiger partial charge in [-0.2, -0.15) is 0 Å². The Balaban J connectivity index is 1.64. The van der Waals surface area contributed by atoms with Crippen molar-refractivity contribution < 1.29 is 19.0 Å². The highest BCUT2D eigenvalue weighted by molar-refractivity contribution is 7.07. The van der Waals surface area contributed by atoms with Crippen LogP contribution < -0.4 is 24.4 Å². The second kappa shape index (κ2) is 12.3. The summed E-state index contributed by atoms with van der Waals surface area (Å²) in [6, 6.07) is 19.5. The van der Waals surface area contributed by atoms with E-state index >= 15 is 0 Å². The Labute approximate surface area is 250 Å². The minimum atomic E-state index is -0.673. The number of esters is 1. The van der Waals surface area contributed by atoms with Gasteiger partial charge < -0.3 is 14.2 Å². The van der Waals surface area contributed by atoms with Crippen LogP contribution in [0.4, 0.5) is 0 Å². The van der Waals surface area contributed by atoms with Crippen molar-refractivity contribution in [1.29, 1.82) is 0 Å². The van der Waals surface area contributed by atoms with Crippen molar-refractivity contribution >= 4 is 46.6 Å². The molecule has 41 heavy (non-hydrogen) atoms. The Kier molecular flexibility index (Phi) is 8.63. The van der Waals surface area contributed by atoms with Crippen molar-refractivity contribution in [3.8, 4) is 11.5 Å². The van der Waals surface area contributed by atoms with Crippen LogP contribution in [0.1, 0.15) is 36.1 Å². The first-order valence-corrected chi connectivity index (χ1v) is 14.3. The summed E-state index contributed by atoms with van der Waals surface area (Å²) in [5.41, 5.74) is 2.92. The maximum atomic E-state index is 14.0. The molecule has 0 spiro atoms. The summed E-state index contributed by atoms with van der Waals surface area (Å²) in [7, 11) is 2.89. The van der Waals surface area contributed by atoms with E-state index in [1.807, 2.05) is 55.5 Å². The molecule has 210 valence electrons. The highest BCUT2D eigenvalue weighted by atomic mass is 35.5. The van der Waals surface area contributed by atoms with Crippen molar-refractivity contribution in [2.75, 3.05) is 14.2 Å². The third-order valence-electron chi connectivity index (χ3n) is 6.65. The van der Waals surface area contributed by atoms with Crippen LogP contribution in [0.5, 0.6) is 11.5 Å². The number of aromatic nitrogens is 1. The monoisotopic (exact) mass is 608 g/mol. The number of fused-ring (bicyclic) bond motifs is 1. The molecule has 0 N–H and O–H groups in total. The lowest BCUT2D eigenvalue weighted by Gasteiger charge is -2.25. The molecule has 4 aromatic rings. The Morgan fingerprint density at radius 3 is 2.51 bits per heavy atom. The van der Waals surface area contributed by atoms with Gasteiger partial charge in [0.2, 0.25) is 0 Å². The van der Waals surface area contributed by atoms with Gasteiger partial charge in [0.15, 0.2) is 16.3 Å². The van der Waals surface area contributed by atoms with E-state index in [0.717, 1.165) is 11.1 Å². The van der Waals surface area contributed by atoms with Crippen LogP contribution in [0.3, 0.4) is 0 Å². The summed E-state index contributed by atoms with van der Waals surface area (Å²) in [6.07, 6.45) is 2.26. The molecule has 0 amide bonds.